The molecule has 1 N–H and O–H groups in total. The Kier molecular flexibility index (Phi) is 5.51. The molecule has 6 heteroatoms. The molecule has 2 amide bonds. The van der Waals surface area contributed by atoms with Gasteiger partial charge in [-0.3, -0.25) is 19.8 Å². The number of nitrogens with zero attached hydrogens (tertiary/aromatic N) is 2. The van der Waals surface area contributed by atoms with Crippen LogP contribution >= 0.6 is 12.2 Å². The molecule has 1 saturated heterocycles. The molecule has 0 spiro atoms. The molecule has 0 saturated carbocycles. The smallest absolute Gasteiger partial charge is 0.270 e. The lowest BCUT2D eigenvalue weighted by atomic mass is 9.88. The molecule has 32 heavy (non-hydrogen) atoms. The number of thiocarbonyl (C=S) groups is 1. The Bertz CT molecular complexity index is 1210. The van der Waals surface area contributed by atoms with Gasteiger partial charge >= 0.3 is 0 Å². The quantitative estimate of drug-likeness (QED) is 0.417. The summed E-state index contributed by atoms with van der Waals surface area (Å²) in [5, 5.41) is 2.76. The summed E-state index contributed by atoms with van der Waals surface area (Å²) >= 11 is 5.32. The molecule has 164 valence electrons. The van der Waals surface area contributed by atoms with Crippen LogP contribution in [0.2, 0.25) is 0 Å². The van der Waals surface area contributed by atoms with Gasteiger partial charge in [0, 0.05) is 17.8 Å². The molecule has 2 aliphatic rings. The van der Waals surface area contributed by atoms with Gasteiger partial charge in [0.15, 0.2) is 5.11 Å². The third-order valence-electron chi connectivity index (χ3n) is 6.09. The summed E-state index contributed by atoms with van der Waals surface area (Å²) < 4.78 is 0. The number of benzene rings is 2. The van der Waals surface area contributed by atoms with Crippen LogP contribution in [-0.2, 0) is 9.59 Å². The minimum atomic E-state index is -0.480. The second kappa shape index (κ2) is 8.02. The number of carbonyl (C=O) groups is 2. The lowest BCUT2D eigenvalue weighted by Gasteiger charge is -2.42. The van der Waals surface area contributed by atoms with E-state index in [0.717, 1.165) is 28.9 Å². The van der Waals surface area contributed by atoms with E-state index in [4.69, 9.17) is 12.2 Å². The predicted molar refractivity (Wildman–Crippen MR) is 135 cm³/mol. The lowest BCUT2D eigenvalue weighted by Crippen LogP contribution is -2.54. The highest BCUT2D eigenvalue weighted by atomic mass is 32.1. The summed E-state index contributed by atoms with van der Waals surface area (Å²) in [5.74, 6) is -0.902. The van der Waals surface area contributed by atoms with E-state index in [0.29, 0.717) is 5.69 Å². The molecule has 0 aromatic heterocycles. The Morgan fingerprint density at radius 1 is 1.06 bits per heavy atom. The fraction of sp³-hybridized carbons (Fsp3) is 0.269. The van der Waals surface area contributed by atoms with Gasteiger partial charge in [-0.1, -0.05) is 30.3 Å². The van der Waals surface area contributed by atoms with Gasteiger partial charge in [0.05, 0.1) is 11.2 Å². The van der Waals surface area contributed by atoms with Gasteiger partial charge in [-0.2, -0.15) is 0 Å². The maximum atomic E-state index is 13.3. The van der Waals surface area contributed by atoms with E-state index in [1.807, 2.05) is 43.3 Å². The second-order valence-electron chi connectivity index (χ2n) is 8.75. The number of carbonyl (C=O) groups excluding carboxylic acids is 2. The number of amides is 2. The Balaban J connectivity index is 1.76. The van der Waals surface area contributed by atoms with Crippen LogP contribution in [-0.4, -0.2) is 29.0 Å². The summed E-state index contributed by atoms with van der Waals surface area (Å²) in [6.45, 7) is 11.4. The van der Waals surface area contributed by atoms with Crippen molar-refractivity contribution in [3.05, 3.63) is 70.8 Å². The Morgan fingerprint density at radius 2 is 1.78 bits per heavy atom. The highest BCUT2D eigenvalue weighted by molar-refractivity contribution is 7.80. The van der Waals surface area contributed by atoms with E-state index < -0.39 is 11.8 Å². The normalized spacial score (nSPS) is 19.1. The third-order valence-corrected chi connectivity index (χ3v) is 6.37. The van der Waals surface area contributed by atoms with E-state index in [9.17, 15) is 9.59 Å². The Labute approximate surface area is 194 Å². The van der Waals surface area contributed by atoms with Crippen molar-refractivity contribution in [1.29, 1.82) is 0 Å². The molecular weight excluding hydrogens is 418 g/mol. The van der Waals surface area contributed by atoms with E-state index in [2.05, 4.69) is 50.1 Å². The van der Waals surface area contributed by atoms with Crippen molar-refractivity contribution in [2.45, 2.75) is 40.2 Å². The van der Waals surface area contributed by atoms with Crippen LogP contribution in [0.1, 0.15) is 44.4 Å². The van der Waals surface area contributed by atoms with Crippen molar-refractivity contribution < 1.29 is 9.59 Å². The van der Waals surface area contributed by atoms with E-state index >= 15 is 0 Å². The first-order valence-electron chi connectivity index (χ1n) is 10.7. The van der Waals surface area contributed by atoms with Crippen molar-refractivity contribution >= 4 is 52.2 Å². The molecule has 0 bridgehead atoms. The van der Waals surface area contributed by atoms with Crippen LogP contribution in [0, 0.1) is 6.92 Å². The molecule has 1 fully saturated rings. The number of fused-ring (bicyclic) bond motifs is 1. The molecule has 4 rings (SSSR count). The Hall–Kier alpha value is -3.25. The largest absolute Gasteiger partial charge is 0.363 e. The van der Waals surface area contributed by atoms with Gasteiger partial charge < -0.3 is 4.90 Å². The Morgan fingerprint density at radius 3 is 2.47 bits per heavy atom. The van der Waals surface area contributed by atoms with E-state index in [1.54, 1.807) is 6.08 Å². The number of para-hydroxylation sites is 1. The first-order chi connectivity index (χ1) is 15.1. The molecule has 0 atom stereocenters. The number of hydrogen-bond acceptors (Lipinski definition) is 4. The van der Waals surface area contributed by atoms with Crippen LogP contribution in [0.3, 0.4) is 0 Å². The summed E-state index contributed by atoms with van der Waals surface area (Å²) in [6.07, 6.45) is 3.90. The third kappa shape index (κ3) is 3.65. The zero-order valence-corrected chi connectivity index (χ0v) is 19.8. The summed E-state index contributed by atoms with van der Waals surface area (Å²) in [7, 11) is 0. The topological polar surface area (TPSA) is 52.7 Å². The SMILES string of the molecule is CCN1c2ccc(/C=C3\C(=O)NC(=S)N(c4ccccc4C)C3=O)cc2C(C)=CC1(C)C. The summed E-state index contributed by atoms with van der Waals surface area (Å²) in [4.78, 5) is 29.8. The molecule has 0 unspecified atom stereocenters. The standard InChI is InChI=1S/C26H27N3O2S/c1-6-28-22-12-11-18(13-19(22)17(3)15-26(28,4)5)14-20-23(30)27-25(32)29(24(20)31)21-10-8-7-9-16(21)2/h7-15H,6H2,1-5H3,(H,27,30,32)/b20-14+. The first-order valence-corrected chi connectivity index (χ1v) is 11.1. The molecule has 5 nitrogen and oxygen atoms in total. The number of anilines is 2. The molecule has 0 radical (unpaired) electrons. The fourth-order valence-corrected chi connectivity index (χ4v) is 4.90. The number of hydrogen-bond donors (Lipinski definition) is 1. The average molecular weight is 446 g/mol. The van der Waals surface area contributed by atoms with Gasteiger partial charge in [0.2, 0.25) is 0 Å². The van der Waals surface area contributed by atoms with Crippen molar-refractivity contribution in [2.75, 3.05) is 16.3 Å². The number of allylic oxidation sites excluding steroid dienone is 1. The second-order valence-corrected chi connectivity index (χ2v) is 9.13. The minimum absolute atomic E-state index is 0.0620. The van der Waals surface area contributed by atoms with Gasteiger partial charge in [0.1, 0.15) is 5.57 Å². The number of rotatable bonds is 3. The zero-order valence-electron chi connectivity index (χ0n) is 19.0. The van der Waals surface area contributed by atoms with Gasteiger partial charge in [0.25, 0.3) is 11.8 Å². The highest BCUT2D eigenvalue weighted by Gasteiger charge is 2.35. The highest BCUT2D eigenvalue weighted by Crippen LogP contribution is 2.39. The van der Waals surface area contributed by atoms with E-state index in [-0.39, 0.29) is 16.2 Å². The molecule has 2 aliphatic heterocycles. The molecule has 2 aromatic rings. The number of likely N-dealkylation sites (N-methyl/N-ethyl adjacent to an activating group) is 1. The zero-order chi connectivity index (χ0) is 23.2. The van der Waals surface area contributed by atoms with Gasteiger partial charge in [-0.25, -0.2) is 0 Å². The molecule has 0 aliphatic carbocycles. The average Bonchev–Trinajstić information content (AvgIpc) is 2.72. The van der Waals surface area contributed by atoms with Crippen molar-refractivity contribution in [3.63, 3.8) is 0 Å². The van der Waals surface area contributed by atoms with Crippen LogP contribution in [0.15, 0.2) is 54.1 Å². The maximum Gasteiger partial charge on any atom is 0.270 e. The van der Waals surface area contributed by atoms with E-state index in [1.165, 1.54) is 10.5 Å². The minimum Gasteiger partial charge on any atom is -0.363 e. The number of aryl methyl sites for hydroxylation is 1. The van der Waals surface area contributed by atoms with Crippen LogP contribution in [0.5, 0.6) is 0 Å². The van der Waals surface area contributed by atoms with Crippen molar-refractivity contribution in [2.24, 2.45) is 0 Å². The van der Waals surface area contributed by atoms with Crippen LogP contribution in [0.25, 0.3) is 11.6 Å². The molecule has 2 aromatic carbocycles. The van der Waals surface area contributed by atoms with Crippen LogP contribution < -0.4 is 15.1 Å². The van der Waals surface area contributed by atoms with Crippen molar-refractivity contribution in [3.8, 4) is 0 Å². The predicted octanol–water partition coefficient (Wildman–Crippen LogP) is 4.85. The van der Waals surface area contributed by atoms with Gasteiger partial charge in [-0.15, -0.1) is 0 Å². The van der Waals surface area contributed by atoms with Crippen molar-refractivity contribution in [1.82, 2.24) is 5.32 Å². The molecular formula is C26H27N3O2S. The lowest BCUT2D eigenvalue weighted by molar-refractivity contribution is -0.122. The number of nitrogens with one attached hydrogen (secondary N) is 1. The summed E-state index contributed by atoms with van der Waals surface area (Å²) in [6, 6.07) is 13.5. The first kappa shape index (κ1) is 22.0. The molecule has 2 heterocycles. The monoisotopic (exact) mass is 445 g/mol. The summed E-state index contributed by atoms with van der Waals surface area (Å²) in [5.41, 5.74) is 5.79. The maximum absolute atomic E-state index is 13.3. The van der Waals surface area contributed by atoms with Gasteiger partial charge in [-0.05, 0) is 87.8 Å². The fourth-order valence-electron chi connectivity index (χ4n) is 4.63. The van der Waals surface area contributed by atoms with Crippen LogP contribution in [0.4, 0.5) is 11.4 Å².